The number of nitrogens with zero attached hydrogens (tertiary/aromatic N) is 3. The van der Waals surface area contributed by atoms with Crippen LogP contribution in [0.2, 0.25) is 0 Å². The van der Waals surface area contributed by atoms with Crippen molar-refractivity contribution in [3.8, 4) is 11.3 Å². The zero-order valence-electron chi connectivity index (χ0n) is 12.3. The van der Waals surface area contributed by atoms with Crippen LogP contribution in [0, 0.1) is 6.92 Å². The van der Waals surface area contributed by atoms with Crippen LogP contribution in [-0.2, 0) is 11.2 Å². The third kappa shape index (κ3) is 3.00. The number of aromatic nitrogens is 2. The number of hydrogen-bond acceptors (Lipinski definition) is 4. The van der Waals surface area contributed by atoms with Crippen LogP contribution in [-0.4, -0.2) is 33.7 Å². The van der Waals surface area contributed by atoms with E-state index in [1.54, 1.807) is 0 Å². The van der Waals surface area contributed by atoms with Gasteiger partial charge in [-0.1, -0.05) is 36.8 Å². The summed E-state index contributed by atoms with van der Waals surface area (Å²) in [6.07, 6.45) is 0.589. The third-order valence-electron chi connectivity index (χ3n) is 3.19. The minimum Gasteiger partial charge on any atom is -0.275 e. The first-order valence-corrected chi connectivity index (χ1v) is 6.67. The lowest BCUT2D eigenvalue weighted by atomic mass is 10.1. The molecule has 0 aliphatic heterocycles. The number of carbonyl (C=O) groups is 2. The quantitative estimate of drug-likeness (QED) is 0.391. The zero-order chi connectivity index (χ0) is 15.6. The maximum atomic E-state index is 12.1. The summed E-state index contributed by atoms with van der Waals surface area (Å²) in [7, 11) is 1.33. The molecule has 0 unspecified atom stereocenters. The van der Waals surface area contributed by atoms with Gasteiger partial charge < -0.3 is 0 Å². The predicted octanol–water partition coefficient (Wildman–Crippen LogP) is 1.39. The number of benzene rings is 1. The van der Waals surface area contributed by atoms with Gasteiger partial charge in [0.15, 0.2) is 0 Å². The topological polar surface area (TPSA) is 81.2 Å². The van der Waals surface area contributed by atoms with Crippen LogP contribution in [0.1, 0.15) is 23.0 Å². The highest BCUT2D eigenvalue weighted by atomic mass is 16.2. The Bertz CT molecular complexity index is 671. The summed E-state index contributed by atoms with van der Waals surface area (Å²) in [6.45, 7) is 3.90. The molecule has 6 heteroatoms. The standard InChI is InChI=1S/C15H18N4O2/c1-4-12-9-13(11-7-5-10(2)6-8-11)17-19(12)15(21)14(20)18(3)16/h5-9H,4,16H2,1-3H3. The second kappa shape index (κ2) is 5.88. The number of aryl methyl sites for hydroxylation is 2. The number of likely N-dealkylation sites (N-methyl/N-ethyl adjacent to an activating group) is 1. The number of hydrogen-bond donors (Lipinski definition) is 1. The molecule has 6 nitrogen and oxygen atoms in total. The summed E-state index contributed by atoms with van der Waals surface area (Å²) < 4.78 is 1.13. The van der Waals surface area contributed by atoms with Gasteiger partial charge in [-0.2, -0.15) is 9.78 Å². The first-order chi connectivity index (χ1) is 9.93. The average molecular weight is 286 g/mol. The van der Waals surface area contributed by atoms with Gasteiger partial charge in [0.1, 0.15) is 0 Å². The Morgan fingerprint density at radius 3 is 2.43 bits per heavy atom. The van der Waals surface area contributed by atoms with Crippen molar-refractivity contribution < 1.29 is 9.59 Å². The van der Waals surface area contributed by atoms with Crippen molar-refractivity contribution in [3.05, 3.63) is 41.6 Å². The average Bonchev–Trinajstić information content (AvgIpc) is 2.90. The summed E-state index contributed by atoms with van der Waals surface area (Å²) in [4.78, 5) is 23.8. The SMILES string of the molecule is CCc1cc(-c2ccc(C)cc2)nn1C(=O)C(=O)N(C)N. The van der Waals surface area contributed by atoms with E-state index >= 15 is 0 Å². The smallest absolute Gasteiger partial charge is 0.275 e. The van der Waals surface area contributed by atoms with E-state index in [2.05, 4.69) is 5.10 Å². The molecule has 1 amide bonds. The van der Waals surface area contributed by atoms with Crippen molar-refractivity contribution in [2.45, 2.75) is 20.3 Å². The molecule has 0 bridgehead atoms. The largest absolute Gasteiger partial charge is 0.337 e. The van der Waals surface area contributed by atoms with Crippen molar-refractivity contribution in [1.82, 2.24) is 14.8 Å². The number of rotatable bonds is 2. The summed E-state index contributed by atoms with van der Waals surface area (Å²) in [5, 5.41) is 5.01. The van der Waals surface area contributed by atoms with Gasteiger partial charge in [0.2, 0.25) is 0 Å². The Labute approximate surface area is 123 Å². The Kier molecular flexibility index (Phi) is 4.18. The number of nitrogens with two attached hydrogens (primary N) is 1. The van der Waals surface area contributed by atoms with Gasteiger partial charge in [-0.05, 0) is 19.4 Å². The molecule has 2 N–H and O–H groups in total. The van der Waals surface area contributed by atoms with E-state index in [1.807, 2.05) is 44.2 Å². The number of carbonyl (C=O) groups excluding carboxylic acids is 2. The van der Waals surface area contributed by atoms with Gasteiger partial charge in [0, 0.05) is 18.3 Å². The van der Waals surface area contributed by atoms with Gasteiger partial charge in [-0.15, -0.1) is 0 Å². The Morgan fingerprint density at radius 2 is 1.90 bits per heavy atom. The molecule has 0 saturated heterocycles. The molecule has 0 atom stereocenters. The van der Waals surface area contributed by atoms with E-state index in [0.717, 1.165) is 20.8 Å². The Balaban J connectivity index is 2.42. The lowest BCUT2D eigenvalue weighted by molar-refractivity contribution is -0.126. The lowest BCUT2D eigenvalue weighted by Gasteiger charge is -2.09. The molecule has 0 spiro atoms. The second-order valence-electron chi connectivity index (χ2n) is 4.87. The lowest BCUT2D eigenvalue weighted by Crippen LogP contribution is -2.41. The van der Waals surface area contributed by atoms with Crippen molar-refractivity contribution in [3.63, 3.8) is 0 Å². The van der Waals surface area contributed by atoms with E-state index in [-0.39, 0.29) is 0 Å². The van der Waals surface area contributed by atoms with Gasteiger partial charge in [-0.25, -0.2) is 5.84 Å². The number of hydrazine groups is 1. The summed E-state index contributed by atoms with van der Waals surface area (Å²) in [6, 6.07) is 9.62. The monoisotopic (exact) mass is 286 g/mol. The molecule has 21 heavy (non-hydrogen) atoms. The zero-order valence-corrected chi connectivity index (χ0v) is 12.3. The van der Waals surface area contributed by atoms with Crippen molar-refractivity contribution in [2.24, 2.45) is 5.84 Å². The van der Waals surface area contributed by atoms with Gasteiger partial charge in [0.25, 0.3) is 0 Å². The highest BCUT2D eigenvalue weighted by molar-refractivity contribution is 6.35. The molecular weight excluding hydrogens is 268 g/mol. The minimum absolute atomic E-state index is 0.589. The van der Waals surface area contributed by atoms with E-state index < -0.39 is 11.8 Å². The fourth-order valence-corrected chi connectivity index (χ4v) is 1.95. The number of amides is 1. The highest BCUT2D eigenvalue weighted by Crippen LogP contribution is 2.20. The van der Waals surface area contributed by atoms with Gasteiger partial charge in [-0.3, -0.25) is 14.6 Å². The van der Waals surface area contributed by atoms with Crippen molar-refractivity contribution in [1.29, 1.82) is 0 Å². The first-order valence-electron chi connectivity index (χ1n) is 6.67. The maximum absolute atomic E-state index is 12.1. The predicted molar refractivity (Wildman–Crippen MR) is 79.4 cm³/mol. The van der Waals surface area contributed by atoms with Crippen LogP contribution >= 0.6 is 0 Å². The van der Waals surface area contributed by atoms with Crippen molar-refractivity contribution in [2.75, 3.05) is 7.05 Å². The molecule has 0 radical (unpaired) electrons. The summed E-state index contributed by atoms with van der Waals surface area (Å²) >= 11 is 0. The molecular formula is C15H18N4O2. The van der Waals surface area contributed by atoms with Crippen LogP contribution in [0.4, 0.5) is 0 Å². The van der Waals surface area contributed by atoms with Crippen LogP contribution in [0.3, 0.4) is 0 Å². The Hall–Kier alpha value is -2.47. The molecule has 1 aromatic heterocycles. The van der Waals surface area contributed by atoms with Crippen LogP contribution in [0.5, 0.6) is 0 Å². The van der Waals surface area contributed by atoms with Crippen molar-refractivity contribution >= 4 is 11.8 Å². The van der Waals surface area contributed by atoms with E-state index in [0.29, 0.717) is 17.8 Å². The minimum atomic E-state index is -0.803. The van der Waals surface area contributed by atoms with Gasteiger partial charge >= 0.3 is 11.8 Å². The fourth-order valence-electron chi connectivity index (χ4n) is 1.95. The third-order valence-corrected chi connectivity index (χ3v) is 3.19. The van der Waals surface area contributed by atoms with Crippen LogP contribution < -0.4 is 5.84 Å². The molecule has 1 heterocycles. The maximum Gasteiger partial charge on any atom is 0.337 e. The van der Waals surface area contributed by atoms with Crippen LogP contribution in [0.15, 0.2) is 30.3 Å². The normalized spacial score (nSPS) is 10.5. The second-order valence-corrected chi connectivity index (χ2v) is 4.87. The first kappa shape index (κ1) is 14.9. The molecule has 0 fully saturated rings. The molecule has 2 rings (SSSR count). The van der Waals surface area contributed by atoms with Crippen LogP contribution in [0.25, 0.3) is 11.3 Å². The fraction of sp³-hybridized carbons (Fsp3) is 0.267. The summed E-state index contributed by atoms with van der Waals surface area (Å²) in [5.74, 6) is 3.77. The van der Waals surface area contributed by atoms with E-state index in [4.69, 9.17) is 5.84 Å². The molecule has 0 saturated carbocycles. The highest BCUT2D eigenvalue weighted by Gasteiger charge is 2.22. The molecule has 2 aromatic rings. The summed E-state index contributed by atoms with van der Waals surface area (Å²) in [5.41, 5.74) is 3.37. The van der Waals surface area contributed by atoms with E-state index in [1.165, 1.54) is 7.05 Å². The molecule has 1 aromatic carbocycles. The van der Waals surface area contributed by atoms with E-state index in [9.17, 15) is 9.59 Å². The molecule has 0 aliphatic rings. The van der Waals surface area contributed by atoms with Gasteiger partial charge in [0.05, 0.1) is 5.69 Å². The Morgan fingerprint density at radius 1 is 1.29 bits per heavy atom. The molecule has 0 aliphatic carbocycles. The molecule has 110 valence electrons.